The third-order valence-corrected chi connectivity index (χ3v) is 3.44. The average molecular weight is 286 g/mol. The number of rotatable bonds is 5. The van der Waals surface area contributed by atoms with Crippen LogP contribution in [0.2, 0.25) is 5.02 Å². The molecule has 0 fully saturated rings. The molecule has 0 spiro atoms. The summed E-state index contributed by atoms with van der Waals surface area (Å²) in [5, 5.41) is 14.4. The Kier molecular flexibility index (Phi) is 4.31. The molecule has 1 unspecified atom stereocenters. The maximum Gasteiger partial charge on any atom is 0.0986 e. The van der Waals surface area contributed by atoms with Crippen molar-refractivity contribution in [2.45, 2.75) is 32.9 Å². The Morgan fingerprint density at radius 3 is 2.83 bits per heavy atom. The molecule has 2 aromatic rings. The summed E-state index contributed by atoms with van der Waals surface area (Å²) in [6, 6.07) is 0.186. The molecular weight excluding hydrogens is 270 g/mol. The lowest BCUT2D eigenvalue weighted by atomic mass is 10.1. The van der Waals surface area contributed by atoms with E-state index >= 15 is 0 Å². The zero-order valence-corrected chi connectivity index (χ0v) is 12.2. The molecule has 0 bridgehead atoms. The maximum atomic E-state index is 6.27. The molecule has 0 saturated carbocycles. The highest BCUT2D eigenvalue weighted by Crippen LogP contribution is 2.29. The third-order valence-electron chi connectivity index (χ3n) is 2.63. The van der Waals surface area contributed by atoms with E-state index in [1.807, 2.05) is 10.1 Å². The summed E-state index contributed by atoms with van der Waals surface area (Å²) in [5.41, 5.74) is 1.83. The molecular formula is C11H16ClN5S. The number of nitrogens with one attached hydrogen (secondary N) is 1. The second kappa shape index (κ2) is 5.77. The first-order chi connectivity index (χ1) is 8.65. The van der Waals surface area contributed by atoms with Crippen molar-refractivity contribution in [3.05, 3.63) is 28.0 Å². The molecule has 18 heavy (non-hydrogen) atoms. The summed E-state index contributed by atoms with van der Waals surface area (Å²) in [6.07, 6.45) is 1.68. The van der Waals surface area contributed by atoms with E-state index in [1.165, 1.54) is 11.5 Å². The first-order valence-electron chi connectivity index (χ1n) is 5.88. The monoisotopic (exact) mass is 285 g/mol. The van der Waals surface area contributed by atoms with Crippen LogP contribution in [0.25, 0.3) is 0 Å². The van der Waals surface area contributed by atoms with Crippen molar-refractivity contribution in [3.63, 3.8) is 0 Å². The van der Waals surface area contributed by atoms with Gasteiger partial charge in [-0.05, 0) is 31.9 Å². The predicted octanol–water partition coefficient (Wildman–Crippen LogP) is 2.67. The van der Waals surface area contributed by atoms with Crippen LogP contribution in [0.4, 0.5) is 0 Å². The zero-order valence-electron chi connectivity index (χ0n) is 10.6. The van der Waals surface area contributed by atoms with Gasteiger partial charge in [0.2, 0.25) is 0 Å². The fourth-order valence-electron chi connectivity index (χ4n) is 1.88. The van der Waals surface area contributed by atoms with Gasteiger partial charge < -0.3 is 5.32 Å². The molecule has 2 aromatic heterocycles. The molecule has 5 nitrogen and oxygen atoms in total. The first kappa shape index (κ1) is 13.5. The summed E-state index contributed by atoms with van der Waals surface area (Å²) in [6.45, 7) is 7.03. The second-order valence-corrected chi connectivity index (χ2v) is 5.25. The molecule has 0 radical (unpaired) electrons. The predicted molar refractivity (Wildman–Crippen MR) is 73.1 cm³/mol. The summed E-state index contributed by atoms with van der Waals surface area (Å²) in [5.74, 6) is 0. The molecule has 1 N–H and O–H groups in total. The SMILES string of the molecule is CCNC(c1csnn1)c1c(Cl)cnn1C(C)C. The summed E-state index contributed by atoms with van der Waals surface area (Å²) in [4.78, 5) is 0. The van der Waals surface area contributed by atoms with E-state index in [1.54, 1.807) is 6.20 Å². The molecule has 2 rings (SSSR count). The molecule has 0 aliphatic rings. The number of hydrogen-bond donors (Lipinski definition) is 1. The van der Waals surface area contributed by atoms with Crippen molar-refractivity contribution >= 4 is 23.1 Å². The highest BCUT2D eigenvalue weighted by atomic mass is 35.5. The smallest absolute Gasteiger partial charge is 0.0986 e. The largest absolute Gasteiger partial charge is 0.304 e. The fourth-order valence-corrected chi connectivity index (χ4v) is 2.59. The van der Waals surface area contributed by atoms with Crippen LogP contribution in [0.5, 0.6) is 0 Å². The number of halogens is 1. The van der Waals surface area contributed by atoms with Crippen molar-refractivity contribution in [2.24, 2.45) is 0 Å². The van der Waals surface area contributed by atoms with Gasteiger partial charge in [0, 0.05) is 11.4 Å². The molecule has 98 valence electrons. The highest BCUT2D eigenvalue weighted by Gasteiger charge is 2.24. The van der Waals surface area contributed by atoms with E-state index in [-0.39, 0.29) is 12.1 Å². The van der Waals surface area contributed by atoms with Crippen molar-refractivity contribution in [3.8, 4) is 0 Å². The molecule has 0 amide bonds. The standard InChI is InChI=1S/C11H16ClN5S/c1-4-13-10(9-6-18-16-15-9)11-8(12)5-14-17(11)7(2)3/h5-7,10,13H,4H2,1-3H3. The molecule has 7 heteroatoms. The fraction of sp³-hybridized carbons (Fsp3) is 0.545. The summed E-state index contributed by atoms with van der Waals surface area (Å²) in [7, 11) is 0. The second-order valence-electron chi connectivity index (χ2n) is 4.24. The topological polar surface area (TPSA) is 55.6 Å². The van der Waals surface area contributed by atoms with Crippen LogP contribution in [-0.4, -0.2) is 25.9 Å². The Morgan fingerprint density at radius 2 is 2.28 bits per heavy atom. The van der Waals surface area contributed by atoms with Gasteiger partial charge in [0.25, 0.3) is 0 Å². The van der Waals surface area contributed by atoms with Gasteiger partial charge in [-0.3, -0.25) is 4.68 Å². The number of aromatic nitrogens is 4. The number of nitrogens with zero attached hydrogens (tertiary/aromatic N) is 4. The van der Waals surface area contributed by atoms with Gasteiger partial charge in [0.15, 0.2) is 0 Å². The Bertz CT molecular complexity index is 494. The van der Waals surface area contributed by atoms with Crippen LogP contribution in [0.1, 0.15) is 44.2 Å². The van der Waals surface area contributed by atoms with Gasteiger partial charge in [0.1, 0.15) is 0 Å². The maximum absolute atomic E-state index is 6.27. The van der Waals surface area contributed by atoms with Gasteiger partial charge in [-0.25, -0.2) is 0 Å². The number of hydrogen-bond acceptors (Lipinski definition) is 5. The highest BCUT2D eigenvalue weighted by molar-refractivity contribution is 7.03. The van der Waals surface area contributed by atoms with Gasteiger partial charge >= 0.3 is 0 Å². The Morgan fingerprint density at radius 1 is 1.50 bits per heavy atom. The molecule has 0 aliphatic heterocycles. The van der Waals surface area contributed by atoms with Crippen LogP contribution < -0.4 is 5.32 Å². The Hall–Kier alpha value is -0.980. The first-order valence-corrected chi connectivity index (χ1v) is 7.09. The Labute approximate surface area is 115 Å². The minimum atomic E-state index is -0.0638. The quantitative estimate of drug-likeness (QED) is 0.918. The van der Waals surface area contributed by atoms with Gasteiger partial charge in [-0.1, -0.05) is 23.0 Å². The van der Waals surface area contributed by atoms with Gasteiger partial charge in [-0.15, -0.1) is 5.10 Å². The van der Waals surface area contributed by atoms with Crippen LogP contribution in [0.3, 0.4) is 0 Å². The molecule has 2 heterocycles. The zero-order chi connectivity index (χ0) is 13.1. The van der Waals surface area contributed by atoms with Crippen molar-refractivity contribution in [2.75, 3.05) is 6.54 Å². The molecule has 1 atom stereocenters. The van der Waals surface area contributed by atoms with Crippen molar-refractivity contribution in [1.82, 2.24) is 24.7 Å². The van der Waals surface area contributed by atoms with Gasteiger partial charge in [-0.2, -0.15) is 5.10 Å². The minimum Gasteiger partial charge on any atom is -0.304 e. The van der Waals surface area contributed by atoms with E-state index in [9.17, 15) is 0 Å². The minimum absolute atomic E-state index is 0.0638. The van der Waals surface area contributed by atoms with E-state index in [0.717, 1.165) is 17.9 Å². The summed E-state index contributed by atoms with van der Waals surface area (Å²) >= 11 is 7.61. The van der Waals surface area contributed by atoms with Crippen LogP contribution >= 0.6 is 23.1 Å². The summed E-state index contributed by atoms with van der Waals surface area (Å²) < 4.78 is 5.84. The Balaban J connectivity index is 2.45. The van der Waals surface area contributed by atoms with E-state index < -0.39 is 0 Å². The van der Waals surface area contributed by atoms with Gasteiger partial charge in [0.05, 0.1) is 28.6 Å². The lowest BCUT2D eigenvalue weighted by molar-refractivity contribution is 0.472. The van der Waals surface area contributed by atoms with E-state index in [2.05, 4.69) is 40.8 Å². The lowest BCUT2D eigenvalue weighted by Crippen LogP contribution is -2.26. The average Bonchev–Trinajstić information content (AvgIpc) is 2.95. The van der Waals surface area contributed by atoms with E-state index in [0.29, 0.717) is 5.02 Å². The van der Waals surface area contributed by atoms with Crippen LogP contribution in [0, 0.1) is 0 Å². The third kappa shape index (κ3) is 2.55. The van der Waals surface area contributed by atoms with Crippen molar-refractivity contribution < 1.29 is 0 Å². The van der Waals surface area contributed by atoms with Crippen molar-refractivity contribution in [1.29, 1.82) is 0 Å². The van der Waals surface area contributed by atoms with Crippen LogP contribution in [0.15, 0.2) is 11.6 Å². The van der Waals surface area contributed by atoms with E-state index in [4.69, 9.17) is 11.6 Å². The lowest BCUT2D eigenvalue weighted by Gasteiger charge is -2.19. The molecule has 0 aliphatic carbocycles. The van der Waals surface area contributed by atoms with Crippen LogP contribution in [-0.2, 0) is 0 Å². The molecule has 0 saturated heterocycles. The molecule has 0 aromatic carbocycles. The normalized spacial score (nSPS) is 13.2.